The van der Waals surface area contributed by atoms with Crippen molar-refractivity contribution in [3.63, 3.8) is 0 Å². The number of hydrogen-bond acceptors (Lipinski definition) is 3. The van der Waals surface area contributed by atoms with Crippen LogP contribution in [0, 0.1) is 6.92 Å². The van der Waals surface area contributed by atoms with Crippen LogP contribution in [-0.2, 0) is 4.74 Å². The van der Waals surface area contributed by atoms with Gasteiger partial charge in [-0.05, 0) is 24.1 Å². The zero-order chi connectivity index (χ0) is 18.0. The van der Waals surface area contributed by atoms with E-state index in [9.17, 15) is 18.0 Å². The summed E-state index contributed by atoms with van der Waals surface area (Å²) < 4.78 is 43.6. The normalized spacial score (nSPS) is 18.2. The van der Waals surface area contributed by atoms with E-state index >= 15 is 0 Å². The number of benzene rings is 1. The summed E-state index contributed by atoms with van der Waals surface area (Å²) >= 11 is 0. The molecule has 25 heavy (non-hydrogen) atoms. The molecule has 1 aromatic heterocycles. The number of morpholine rings is 1. The van der Waals surface area contributed by atoms with E-state index in [1.807, 2.05) is 30.3 Å². The molecule has 1 aliphatic heterocycles. The number of hydrogen-bond donors (Lipinski definition) is 0. The third-order valence-corrected chi connectivity index (χ3v) is 4.16. The summed E-state index contributed by atoms with van der Waals surface area (Å²) in [5.41, 5.74) is 2.29. The van der Waals surface area contributed by atoms with E-state index in [1.54, 1.807) is 19.2 Å². The van der Waals surface area contributed by atoms with E-state index in [4.69, 9.17) is 4.74 Å². The van der Waals surface area contributed by atoms with E-state index in [0.29, 0.717) is 16.8 Å². The number of pyridine rings is 1. The summed E-state index contributed by atoms with van der Waals surface area (Å²) in [6.45, 7) is 1.15. The second kappa shape index (κ2) is 6.84. The van der Waals surface area contributed by atoms with Crippen LogP contribution < -0.4 is 0 Å². The van der Waals surface area contributed by atoms with E-state index in [0.717, 1.165) is 5.56 Å². The van der Waals surface area contributed by atoms with Crippen molar-refractivity contribution in [3.05, 3.63) is 53.9 Å². The topological polar surface area (TPSA) is 42.4 Å². The van der Waals surface area contributed by atoms with Crippen molar-refractivity contribution in [1.29, 1.82) is 0 Å². The number of carbonyl (C=O) groups excluding carboxylic acids is 1. The highest BCUT2D eigenvalue weighted by Gasteiger charge is 2.44. The quantitative estimate of drug-likeness (QED) is 0.833. The molecule has 7 heteroatoms. The molecule has 1 aromatic carbocycles. The molecular formula is C18H17F3N2O2. The fourth-order valence-corrected chi connectivity index (χ4v) is 2.88. The van der Waals surface area contributed by atoms with Crippen molar-refractivity contribution in [1.82, 2.24) is 9.88 Å². The predicted molar refractivity (Wildman–Crippen MR) is 86.1 cm³/mol. The largest absolute Gasteiger partial charge is 0.416 e. The zero-order valence-electron chi connectivity index (χ0n) is 13.6. The van der Waals surface area contributed by atoms with E-state index in [1.165, 1.54) is 4.90 Å². The van der Waals surface area contributed by atoms with Gasteiger partial charge in [0.2, 0.25) is 0 Å². The lowest BCUT2D eigenvalue weighted by Crippen LogP contribution is -2.51. The number of amides is 1. The highest BCUT2D eigenvalue weighted by molar-refractivity contribution is 6.01. The molecule has 4 nitrogen and oxygen atoms in total. The van der Waals surface area contributed by atoms with Crippen LogP contribution >= 0.6 is 0 Å². The molecule has 1 aliphatic rings. The number of halogens is 3. The lowest BCUT2D eigenvalue weighted by molar-refractivity contribution is -0.233. The molecule has 0 spiro atoms. The predicted octanol–water partition coefficient (Wildman–Crippen LogP) is 3.46. The Bertz CT molecular complexity index is 763. The molecule has 2 aromatic rings. The number of rotatable bonds is 2. The molecular weight excluding hydrogens is 333 g/mol. The van der Waals surface area contributed by atoms with Crippen LogP contribution in [0.5, 0.6) is 0 Å². The van der Waals surface area contributed by atoms with Gasteiger partial charge in [-0.3, -0.25) is 9.78 Å². The third-order valence-electron chi connectivity index (χ3n) is 4.16. The molecule has 2 heterocycles. The fraction of sp³-hybridized carbons (Fsp3) is 0.333. The van der Waals surface area contributed by atoms with Gasteiger partial charge in [0.1, 0.15) is 0 Å². The minimum Gasteiger partial charge on any atom is -0.365 e. The first-order chi connectivity index (χ1) is 11.9. The Hall–Kier alpha value is -2.41. The molecule has 0 unspecified atom stereocenters. The average molecular weight is 350 g/mol. The summed E-state index contributed by atoms with van der Waals surface area (Å²) in [6.07, 6.45) is -4.86. The number of ether oxygens (including phenoxy) is 1. The number of carbonyl (C=O) groups is 1. The first-order valence-corrected chi connectivity index (χ1v) is 7.86. The zero-order valence-corrected chi connectivity index (χ0v) is 13.6. The van der Waals surface area contributed by atoms with Crippen LogP contribution in [0.25, 0.3) is 11.1 Å². The Kier molecular flexibility index (Phi) is 4.76. The third kappa shape index (κ3) is 3.66. The molecule has 0 bridgehead atoms. The van der Waals surface area contributed by atoms with Crippen LogP contribution in [0.4, 0.5) is 13.2 Å². The number of aromatic nitrogens is 1. The van der Waals surface area contributed by atoms with Gasteiger partial charge in [0.15, 0.2) is 6.10 Å². The number of nitrogens with zero attached hydrogens (tertiary/aromatic N) is 2. The van der Waals surface area contributed by atoms with Gasteiger partial charge < -0.3 is 9.64 Å². The van der Waals surface area contributed by atoms with E-state index < -0.39 is 24.7 Å². The Morgan fingerprint density at radius 3 is 2.64 bits per heavy atom. The van der Waals surface area contributed by atoms with Crippen molar-refractivity contribution in [3.8, 4) is 11.1 Å². The Morgan fingerprint density at radius 2 is 1.96 bits per heavy atom. The standard InChI is InChI=1S/C18H17F3N2O2/c1-12-16(14(7-8-22-12)13-5-3-2-4-6-13)17(24)23-9-10-25-15(11-23)18(19,20)21/h2-8,15H,9-11H2,1H3/t15-/m1/s1. The number of aryl methyl sites for hydroxylation is 1. The summed E-state index contributed by atoms with van der Waals surface area (Å²) in [7, 11) is 0. The lowest BCUT2D eigenvalue weighted by atomic mass is 9.98. The van der Waals surface area contributed by atoms with Crippen molar-refractivity contribution < 1.29 is 22.7 Å². The smallest absolute Gasteiger partial charge is 0.365 e. The first-order valence-electron chi connectivity index (χ1n) is 7.86. The molecule has 0 aliphatic carbocycles. The van der Waals surface area contributed by atoms with Gasteiger partial charge in [0.05, 0.1) is 24.4 Å². The monoisotopic (exact) mass is 350 g/mol. The molecule has 1 saturated heterocycles. The fourth-order valence-electron chi connectivity index (χ4n) is 2.88. The number of alkyl halides is 3. The van der Waals surface area contributed by atoms with Crippen molar-refractivity contribution in [2.24, 2.45) is 0 Å². The van der Waals surface area contributed by atoms with Crippen LogP contribution in [0.1, 0.15) is 16.1 Å². The Morgan fingerprint density at radius 1 is 1.24 bits per heavy atom. The van der Waals surface area contributed by atoms with Crippen molar-refractivity contribution in [2.75, 3.05) is 19.7 Å². The molecule has 1 atom stereocenters. The minimum atomic E-state index is -4.49. The molecule has 132 valence electrons. The second-order valence-electron chi connectivity index (χ2n) is 5.84. The van der Waals surface area contributed by atoms with Crippen LogP contribution in [0.15, 0.2) is 42.6 Å². The summed E-state index contributed by atoms with van der Waals surface area (Å²) in [5.74, 6) is -0.456. The molecule has 1 fully saturated rings. The Balaban J connectivity index is 1.95. The minimum absolute atomic E-state index is 0.119. The van der Waals surface area contributed by atoms with E-state index in [-0.39, 0.29) is 13.2 Å². The second-order valence-corrected chi connectivity index (χ2v) is 5.84. The molecule has 3 rings (SSSR count). The highest BCUT2D eigenvalue weighted by Crippen LogP contribution is 2.29. The van der Waals surface area contributed by atoms with Crippen LogP contribution in [0.3, 0.4) is 0 Å². The van der Waals surface area contributed by atoms with Gasteiger partial charge in [-0.2, -0.15) is 13.2 Å². The highest BCUT2D eigenvalue weighted by atomic mass is 19.4. The molecule has 0 radical (unpaired) electrons. The summed E-state index contributed by atoms with van der Waals surface area (Å²) in [6, 6.07) is 10.9. The lowest BCUT2D eigenvalue weighted by Gasteiger charge is -2.34. The van der Waals surface area contributed by atoms with Crippen LogP contribution in [0.2, 0.25) is 0 Å². The Labute approximate surface area is 143 Å². The van der Waals surface area contributed by atoms with Gasteiger partial charge in [-0.1, -0.05) is 30.3 Å². The molecule has 1 amide bonds. The van der Waals surface area contributed by atoms with Gasteiger partial charge in [0.25, 0.3) is 5.91 Å². The maximum atomic E-state index is 13.0. The van der Waals surface area contributed by atoms with E-state index in [2.05, 4.69) is 4.98 Å². The summed E-state index contributed by atoms with van der Waals surface area (Å²) in [4.78, 5) is 18.3. The van der Waals surface area contributed by atoms with Crippen molar-refractivity contribution >= 4 is 5.91 Å². The van der Waals surface area contributed by atoms with Gasteiger partial charge in [0, 0.05) is 12.7 Å². The van der Waals surface area contributed by atoms with Gasteiger partial charge in [-0.15, -0.1) is 0 Å². The van der Waals surface area contributed by atoms with Gasteiger partial charge in [-0.25, -0.2) is 0 Å². The van der Waals surface area contributed by atoms with Gasteiger partial charge >= 0.3 is 6.18 Å². The molecule has 0 N–H and O–H groups in total. The maximum Gasteiger partial charge on any atom is 0.416 e. The molecule has 0 saturated carbocycles. The van der Waals surface area contributed by atoms with Crippen LogP contribution in [-0.4, -0.2) is 47.8 Å². The maximum absolute atomic E-state index is 13.0. The first kappa shape index (κ1) is 17.4. The van der Waals surface area contributed by atoms with Crippen molar-refractivity contribution in [2.45, 2.75) is 19.2 Å². The average Bonchev–Trinajstić information content (AvgIpc) is 2.61. The SMILES string of the molecule is Cc1nccc(-c2ccccc2)c1C(=O)N1CCO[C@@H](C(F)(F)F)C1. The summed E-state index contributed by atoms with van der Waals surface area (Å²) in [5, 5.41) is 0.